The number of rotatable bonds is 2. The van der Waals surface area contributed by atoms with Crippen LogP contribution in [0.3, 0.4) is 0 Å². The highest BCUT2D eigenvalue weighted by molar-refractivity contribution is 6.30. The first kappa shape index (κ1) is 22.3. The quantitative estimate of drug-likeness (QED) is 0.478. The van der Waals surface area contributed by atoms with Crippen molar-refractivity contribution >= 4 is 29.0 Å². The van der Waals surface area contributed by atoms with E-state index in [-0.39, 0.29) is 11.9 Å². The smallest absolute Gasteiger partial charge is 0.254 e. The van der Waals surface area contributed by atoms with Crippen molar-refractivity contribution in [3.63, 3.8) is 0 Å². The third-order valence-corrected chi connectivity index (χ3v) is 6.52. The summed E-state index contributed by atoms with van der Waals surface area (Å²) in [6.45, 7) is 6.01. The van der Waals surface area contributed by atoms with E-state index in [1.165, 1.54) is 0 Å². The van der Waals surface area contributed by atoms with Crippen LogP contribution in [0.15, 0.2) is 65.7 Å². The Hall–Kier alpha value is -3.51. The minimum absolute atomic E-state index is 0.00276. The van der Waals surface area contributed by atoms with Crippen LogP contribution in [-0.4, -0.2) is 54.3 Å². The molecule has 174 valence electrons. The molecule has 0 unspecified atom stereocenters. The number of hydrogen-bond donors (Lipinski definition) is 0. The number of methoxy groups -OCH3 is 1. The van der Waals surface area contributed by atoms with E-state index >= 15 is 0 Å². The fourth-order valence-corrected chi connectivity index (χ4v) is 4.56. The molecule has 0 N–H and O–H groups in total. The van der Waals surface area contributed by atoms with E-state index in [9.17, 15) is 4.79 Å². The molecule has 5 rings (SSSR count). The minimum atomic E-state index is 0.00276. The summed E-state index contributed by atoms with van der Waals surface area (Å²) in [6, 6.07) is 18.9. The van der Waals surface area contributed by atoms with Crippen molar-refractivity contribution in [2.75, 3.05) is 26.7 Å². The molecule has 1 fully saturated rings. The minimum Gasteiger partial charge on any atom is -0.497 e. The van der Waals surface area contributed by atoms with Crippen LogP contribution in [-0.2, 0) is 0 Å². The van der Waals surface area contributed by atoms with Crippen LogP contribution < -0.4 is 9.47 Å². The number of hydrogen-bond acceptors (Lipinski definition) is 5. The zero-order valence-electron chi connectivity index (χ0n) is 19.4. The fraction of sp³-hybridized carbons (Fsp3) is 0.259. The number of benzene rings is 3. The summed E-state index contributed by atoms with van der Waals surface area (Å²) in [5.74, 6) is 3.00. The number of fused-ring (bicyclic) bond motifs is 2. The molecule has 1 amide bonds. The predicted octanol–water partition coefficient (Wildman–Crippen LogP) is 5.69. The van der Waals surface area contributed by atoms with E-state index in [0.717, 1.165) is 28.4 Å². The van der Waals surface area contributed by atoms with Gasteiger partial charge in [-0.05, 0) is 67.9 Å². The second-order valence-electron chi connectivity index (χ2n) is 8.67. The first-order valence-electron chi connectivity index (χ1n) is 11.3. The van der Waals surface area contributed by atoms with E-state index in [4.69, 9.17) is 26.1 Å². The molecule has 34 heavy (non-hydrogen) atoms. The Bertz CT molecular complexity index is 1270. The van der Waals surface area contributed by atoms with Gasteiger partial charge < -0.3 is 19.3 Å². The van der Waals surface area contributed by atoms with Gasteiger partial charge in [0.15, 0.2) is 5.75 Å². The van der Waals surface area contributed by atoms with Crippen LogP contribution in [0.2, 0.25) is 5.02 Å². The Morgan fingerprint density at radius 1 is 1.06 bits per heavy atom. The number of nitrogens with zero attached hydrogens (tertiary/aromatic N) is 3. The maximum Gasteiger partial charge on any atom is 0.254 e. The molecular formula is C27H26ClN3O3. The van der Waals surface area contributed by atoms with Crippen molar-refractivity contribution in [1.29, 1.82) is 0 Å². The maximum absolute atomic E-state index is 13.1. The predicted molar refractivity (Wildman–Crippen MR) is 134 cm³/mol. The van der Waals surface area contributed by atoms with Gasteiger partial charge in [-0.3, -0.25) is 4.79 Å². The summed E-state index contributed by atoms with van der Waals surface area (Å²) in [5.41, 5.74) is 3.43. The Morgan fingerprint density at radius 3 is 2.59 bits per heavy atom. The van der Waals surface area contributed by atoms with E-state index in [1.807, 2.05) is 48.2 Å². The average molecular weight is 476 g/mol. The van der Waals surface area contributed by atoms with Crippen LogP contribution in [0.1, 0.15) is 28.4 Å². The highest BCUT2D eigenvalue weighted by Gasteiger charge is 2.32. The Labute approximate surface area is 204 Å². The summed E-state index contributed by atoms with van der Waals surface area (Å²) in [6.07, 6.45) is 0. The summed E-state index contributed by atoms with van der Waals surface area (Å²) < 4.78 is 11.7. The number of amidine groups is 1. The van der Waals surface area contributed by atoms with Crippen molar-refractivity contribution in [1.82, 2.24) is 9.80 Å². The number of amides is 1. The Balaban J connectivity index is 1.46. The lowest BCUT2D eigenvalue weighted by Crippen LogP contribution is -2.55. The van der Waals surface area contributed by atoms with Gasteiger partial charge in [-0.25, -0.2) is 4.99 Å². The lowest BCUT2D eigenvalue weighted by molar-refractivity contribution is 0.0581. The van der Waals surface area contributed by atoms with Gasteiger partial charge in [0.05, 0.1) is 12.7 Å². The van der Waals surface area contributed by atoms with Crippen molar-refractivity contribution < 1.29 is 14.3 Å². The molecule has 1 saturated heterocycles. The maximum atomic E-state index is 13.1. The summed E-state index contributed by atoms with van der Waals surface area (Å²) >= 11 is 5.99. The summed E-state index contributed by atoms with van der Waals surface area (Å²) in [4.78, 5) is 22.3. The van der Waals surface area contributed by atoms with Gasteiger partial charge in [-0.1, -0.05) is 17.7 Å². The van der Waals surface area contributed by atoms with Crippen molar-refractivity contribution in [2.24, 2.45) is 4.99 Å². The van der Waals surface area contributed by atoms with Crippen LogP contribution in [0.4, 0.5) is 5.69 Å². The zero-order chi connectivity index (χ0) is 23.8. The SMILES string of the molecule is COc1ccc2c(c1)Oc1cc(C)ccc1N=C2N1CCN(C(=O)c2ccc(Cl)cc2)[C@@H](C)C1. The van der Waals surface area contributed by atoms with Crippen LogP contribution in [0.25, 0.3) is 0 Å². The van der Waals surface area contributed by atoms with Crippen molar-refractivity contribution in [3.05, 3.63) is 82.4 Å². The van der Waals surface area contributed by atoms with E-state index in [0.29, 0.717) is 41.7 Å². The molecule has 0 bridgehead atoms. The monoisotopic (exact) mass is 475 g/mol. The highest BCUT2D eigenvalue weighted by atomic mass is 35.5. The first-order chi connectivity index (χ1) is 16.4. The molecule has 0 aromatic heterocycles. The number of carbonyl (C=O) groups excluding carboxylic acids is 1. The summed E-state index contributed by atoms with van der Waals surface area (Å²) in [5, 5.41) is 0.619. The lowest BCUT2D eigenvalue weighted by Gasteiger charge is -2.41. The number of piperazine rings is 1. The summed E-state index contributed by atoms with van der Waals surface area (Å²) in [7, 11) is 1.64. The third kappa shape index (κ3) is 4.21. The molecule has 1 atom stereocenters. The van der Waals surface area contributed by atoms with Crippen molar-refractivity contribution in [2.45, 2.75) is 19.9 Å². The van der Waals surface area contributed by atoms with Gasteiger partial charge in [0.2, 0.25) is 0 Å². The largest absolute Gasteiger partial charge is 0.497 e. The number of ether oxygens (including phenoxy) is 2. The van der Waals surface area contributed by atoms with Gasteiger partial charge in [-0.15, -0.1) is 0 Å². The molecule has 3 aromatic carbocycles. The first-order valence-corrected chi connectivity index (χ1v) is 11.7. The van der Waals surface area contributed by atoms with Crippen LogP contribution in [0, 0.1) is 6.92 Å². The number of aliphatic imine (C=N–C) groups is 1. The molecule has 0 spiro atoms. The highest BCUT2D eigenvalue weighted by Crippen LogP contribution is 2.40. The molecule has 2 heterocycles. The average Bonchev–Trinajstić information content (AvgIpc) is 2.99. The molecule has 2 aliphatic rings. The molecule has 7 heteroatoms. The Kier molecular flexibility index (Phi) is 5.92. The third-order valence-electron chi connectivity index (χ3n) is 6.27. The molecule has 3 aromatic rings. The lowest BCUT2D eigenvalue weighted by atomic mass is 10.1. The molecule has 2 aliphatic heterocycles. The van der Waals surface area contributed by atoms with E-state index in [1.54, 1.807) is 31.4 Å². The topological polar surface area (TPSA) is 54.4 Å². The van der Waals surface area contributed by atoms with E-state index in [2.05, 4.69) is 11.8 Å². The standard InChI is InChI=1S/C27H26ClN3O3/c1-17-4-11-23-25(14-17)34-24-15-21(33-3)9-10-22(24)26(29-23)30-12-13-31(18(2)16-30)27(32)19-5-7-20(28)8-6-19/h4-11,14-15,18H,12-13,16H2,1-3H3/t18-/m0/s1. The van der Waals surface area contributed by atoms with Gasteiger partial charge in [0.1, 0.15) is 23.0 Å². The van der Waals surface area contributed by atoms with Gasteiger partial charge in [0, 0.05) is 42.3 Å². The number of aryl methyl sites for hydroxylation is 1. The van der Waals surface area contributed by atoms with E-state index < -0.39 is 0 Å². The Morgan fingerprint density at radius 2 is 1.85 bits per heavy atom. The van der Waals surface area contributed by atoms with Crippen molar-refractivity contribution in [3.8, 4) is 17.2 Å². The van der Waals surface area contributed by atoms with Gasteiger partial charge >= 0.3 is 0 Å². The number of carbonyl (C=O) groups is 1. The van der Waals surface area contributed by atoms with Gasteiger partial charge in [-0.2, -0.15) is 0 Å². The normalized spacial score (nSPS) is 17.2. The molecule has 0 saturated carbocycles. The molecule has 0 radical (unpaired) electrons. The second kappa shape index (κ2) is 9.03. The molecule has 0 aliphatic carbocycles. The molecular weight excluding hydrogens is 450 g/mol. The second-order valence-corrected chi connectivity index (χ2v) is 9.11. The fourth-order valence-electron chi connectivity index (χ4n) is 4.44. The number of halogens is 1. The zero-order valence-corrected chi connectivity index (χ0v) is 20.2. The van der Waals surface area contributed by atoms with Gasteiger partial charge in [0.25, 0.3) is 5.91 Å². The molecule has 6 nitrogen and oxygen atoms in total. The van der Waals surface area contributed by atoms with Crippen LogP contribution in [0.5, 0.6) is 17.2 Å². The van der Waals surface area contributed by atoms with Crippen LogP contribution >= 0.6 is 11.6 Å².